The zero-order valence-corrected chi connectivity index (χ0v) is 13.9. The summed E-state index contributed by atoms with van der Waals surface area (Å²) in [4.78, 5) is 14.7. The normalized spacial score (nSPS) is 14.3. The minimum atomic E-state index is 0.0772. The summed E-state index contributed by atoms with van der Waals surface area (Å²) in [6.45, 7) is 6.42. The molecule has 0 aliphatic carbocycles. The first-order chi connectivity index (χ1) is 11.2. The molecule has 0 bridgehead atoms. The lowest BCUT2D eigenvalue weighted by Gasteiger charge is -2.28. The molecule has 0 unspecified atom stereocenters. The van der Waals surface area contributed by atoms with Gasteiger partial charge in [0.15, 0.2) is 0 Å². The number of rotatable bonds is 4. The predicted octanol–water partition coefficient (Wildman–Crippen LogP) is 3.55. The third-order valence-corrected chi connectivity index (χ3v) is 4.58. The molecule has 120 valence electrons. The number of aryl methyl sites for hydroxylation is 2. The number of nitrogens with one attached hydrogen (secondary N) is 1. The number of carbonyl (C=O) groups excluding carboxylic acids is 1. The fourth-order valence-electron chi connectivity index (χ4n) is 3.27. The Balaban J connectivity index is 1.65. The largest absolute Gasteiger partial charge is 0.324 e. The van der Waals surface area contributed by atoms with Crippen molar-refractivity contribution in [1.82, 2.24) is 4.90 Å². The predicted molar refractivity (Wildman–Crippen MR) is 94.6 cm³/mol. The van der Waals surface area contributed by atoms with Gasteiger partial charge >= 0.3 is 0 Å². The highest BCUT2D eigenvalue weighted by Gasteiger charge is 2.18. The van der Waals surface area contributed by atoms with Crippen molar-refractivity contribution in [2.75, 3.05) is 18.4 Å². The number of carbonyl (C=O) groups is 1. The van der Waals surface area contributed by atoms with E-state index in [1.165, 1.54) is 16.7 Å². The summed E-state index contributed by atoms with van der Waals surface area (Å²) in [5.41, 5.74) is 6.06. The zero-order chi connectivity index (χ0) is 16.2. The molecule has 1 aliphatic heterocycles. The standard InChI is InChI=1S/C20H24N2O/c1-3-16-10-6-7-15(2)20(16)21-19(23)14-22-12-11-17-8-4-5-9-18(17)13-22/h4-10H,3,11-14H2,1-2H3,(H,21,23). The Morgan fingerprint density at radius 2 is 1.91 bits per heavy atom. The summed E-state index contributed by atoms with van der Waals surface area (Å²) >= 11 is 0. The lowest BCUT2D eigenvalue weighted by molar-refractivity contribution is -0.117. The van der Waals surface area contributed by atoms with Crippen LogP contribution in [0.25, 0.3) is 0 Å². The average molecular weight is 308 g/mol. The van der Waals surface area contributed by atoms with E-state index in [0.717, 1.165) is 37.2 Å². The number of hydrogen-bond donors (Lipinski definition) is 1. The quantitative estimate of drug-likeness (QED) is 0.937. The maximum Gasteiger partial charge on any atom is 0.238 e. The molecular formula is C20H24N2O. The summed E-state index contributed by atoms with van der Waals surface area (Å²) in [5.74, 6) is 0.0772. The highest BCUT2D eigenvalue weighted by Crippen LogP contribution is 2.22. The van der Waals surface area contributed by atoms with Gasteiger partial charge in [0.2, 0.25) is 5.91 Å². The van der Waals surface area contributed by atoms with Gasteiger partial charge < -0.3 is 5.32 Å². The molecule has 0 saturated carbocycles. The van der Waals surface area contributed by atoms with Gasteiger partial charge in [-0.05, 0) is 42.0 Å². The van der Waals surface area contributed by atoms with Crippen LogP contribution < -0.4 is 5.32 Å². The summed E-state index contributed by atoms with van der Waals surface area (Å²) in [7, 11) is 0. The van der Waals surface area contributed by atoms with Crippen LogP contribution >= 0.6 is 0 Å². The van der Waals surface area contributed by atoms with E-state index in [2.05, 4.69) is 47.5 Å². The number of para-hydroxylation sites is 1. The van der Waals surface area contributed by atoms with Gasteiger partial charge in [0.05, 0.1) is 6.54 Å². The molecular weight excluding hydrogens is 284 g/mol. The van der Waals surface area contributed by atoms with Gasteiger partial charge in [0.25, 0.3) is 0 Å². The lowest BCUT2D eigenvalue weighted by atomic mass is 10.00. The molecule has 0 spiro atoms. The minimum Gasteiger partial charge on any atom is -0.324 e. The third kappa shape index (κ3) is 3.62. The van der Waals surface area contributed by atoms with Gasteiger partial charge in [-0.1, -0.05) is 49.4 Å². The molecule has 2 aromatic rings. The SMILES string of the molecule is CCc1cccc(C)c1NC(=O)CN1CCc2ccccc2C1. The maximum absolute atomic E-state index is 12.5. The molecule has 0 aromatic heterocycles. The van der Waals surface area contributed by atoms with Crippen molar-refractivity contribution in [3.8, 4) is 0 Å². The lowest BCUT2D eigenvalue weighted by Crippen LogP contribution is -2.37. The third-order valence-electron chi connectivity index (χ3n) is 4.58. The van der Waals surface area contributed by atoms with Crippen LogP contribution in [0.4, 0.5) is 5.69 Å². The van der Waals surface area contributed by atoms with Crippen LogP contribution in [-0.2, 0) is 24.2 Å². The number of fused-ring (bicyclic) bond motifs is 1. The van der Waals surface area contributed by atoms with E-state index in [0.29, 0.717) is 6.54 Å². The van der Waals surface area contributed by atoms with Gasteiger partial charge in [-0.15, -0.1) is 0 Å². The zero-order valence-electron chi connectivity index (χ0n) is 13.9. The second-order valence-corrected chi connectivity index (χ2v) is 6.24. The van der Waals surface area contributed by atoms with E-state index in [1.807, 2.05) is 19.1 Å². The summed E-state index contributed by atoms with van der Waals surface area (Å²) in [5, 5.41) is 3.12. The van der Waals surface area contributed by atoms with Gasteiger partial charge in [0, 0.05) is 18.8 Å². The van der Waals surface area contributed by atoms with E-state index in [9.17, 15) is 4.79 Å². The minimum absolute atomic E-state index is 0.0772. The first-order valence-corrected chi connectivity index (χ1v) is 8.35. The van der Waals surface area contributed by atoms with Crippen LogP contribution in [0.2, 0.25) is 0 Å². The fourth-order valence-corrected chi connectivity index (χ4v) is 3.27. The molecule has 1 heterocycles. The van der Waals surface area contributed by atoms with Gasteiger partial charge in [-0.3, -0.25) is 9.69 Å². The molecule has 1 N–H and O–H groups in total. The highest BCUT2D eigenvalue weighted by atomic mass is 16.2. The van der Waals surface area contributed by atoms with Crippen LogP contribution in [0.3, 0.4) is 0 Å². The summed E-state index contributed by atoms with van der Waals surface area (Å²) in [6, 6.07) is 14.7. The molecule has 3 nitrogen and oxygen atoms in total. The van der Waals surface area contributed by atoms with Crippen LogP contribution in [0.1, 0.15) is 29.2 Å². The van der Waals surface area contributed by atoms with E-state index < -0.39 is 0 Å². The first-order valence-electron chi connectivity index (χ1n) is 8.35. The molecule has 0 saturated heterocycles. The molecule has 23 heavy (non-hydrogen) atoms. The molecule has 3 rings (SSSR count). The van der Waals surface area contributed by atoms with Gasteiger partial charge in [-0.2, -0.15) is 0 Å². The molecule has 0 fully saturated rings. The Kier molecular flexibility index (Phi) is 4.77. The number of nitrogens with zero attached hydrogens (tertiary/aromatic N) is 1. The summed E-state index contributed by atoms with van der Waals surface area (Å²) < 4.78 is 0. The topological polar surface area (TPSA) is 32.3 Å². The summed E-state index contributed by atoms with van der Waals surface area (Å²) in [6.07, 6.45) is 1.95. The van der Waals surface area contributed by atoms with E-state index >= 15 is 0 Å². The van der Waals surface area contributed by atoms with Crippen LogP contribution in [0.15, 0.2) is 42.5 Å². The molecule has 3 heteroatoms. The van der Waals surface area contributed by atoms with Crippen LogP contribution in [0, 0.1) is 6.92 Å². The monoisotopic (exact) mass is 308 g/mol. The van der Waals surface area contributed by atoms with E-state index in [1.54, 1.807) is 0 Å². The van der Waals surface area contributed by atoms with Crippen molar-refractivity contribution < 1.29 is 4.79 Å². The van der Waals surface area contributed by atoms with Crippen molar-refractivity contribution in [2.24, 2.45) is 0 Å². The Morgan fingerprint density at radius 1 is 1.13 bits per heavy atom. The van der Waals surface area contributed by atoms with Gasteiger partial charge in [-0.25, -0.2) is 0 Å². The smallest absolute Gasteiger partial charge is 0.238 e. The van der Waals surface area contributed by atoms with Gasteiger partial charge in [0.1, 0.15) is 0 Å². The van der Waals surface area contributed by atoms with Crippen molar-refractivity contribution in [1.29, 1.82) is 0 Å². The number of hydrogen-bond acceptors (Lipinski definition) is 2. The van der Waals surface area contributed by atoms with Crippen molar-refractivity contribution in [2.45, 2.75) is 33.2 Å². The van der Waals surface area contributed by atoms with Crippen molar-refractivity contribution in [3.05, 3.63) is 64.7 Å². The Bertz CT molecular complexity index is 709. The second kappa shape index (κ2) is 6.97. The van der Waals surface area contributed by atoms with Crippen molar-refractivity contribution >= 4 is 11.6 Å². The molecule has 0 atom stereocenters. The van der Waals surface area contributed by atoms with Crippen LogP contribution in [0.5, 0.6) is 0 Å². The van der Waals surface area contributed by atoms with E-state index in [4.69, 9.17) is 0 Å². The molecule has 2 aromatic carbocycles. The Hall–Kier alpha value is -2.13. The number of anilines is 1. The number of amides is 1. The first kappa shape index (κ1) is 15.8. The highest BCUT2D eigenvalue weighted by molar-refractivity contribution is 5.93. The average Bonchev–Trinajstić information content (AvgIpc) is 2.56. The Labute approximate surface area is 138 Å². The van der Waals surface area contributed by atoms with Crippen molar-refractivity contribution in [3.63, 3.8) is 0 Å². The second-order valence-electron chi connectivity index (χ2n) is 6.24. The molecule has 1 aliphatic rings. The molecule has 1 amide bonds. The van der Waals surface area contributed by atoms with E-state index in [-0.39, 0.29) is 5.91 Å². The van der Waals surface area contributed by atoms with Crippen LogP contribution in [-0.4, -0.2) is 23.9 Å². The Morgan fingerprint density at radius 3 is 2.70 bits per heavy atom. The number of benzene rings is 2. The fraction of sp³-hybridized carbons (Fsp3) is 0.350. The molecule has 0 radical (unpaired) electrons. The maximum atomic E-state index is 12.5.